The van der Waals surface area contributed by atoms with Gasteiger partial charge in [0.2, 0.25) is 0 Å². The van der Waals surface area contributed by atoms with Crippen molar-refractivity contribution >= 4 is 15.9 Å². The molecule has 2 rings (SSSR count). The van der Waals surface area contributed by atoms with E-state index in [2.05, 4.69) is 44.6 Å². The quantitative estimate of drug-likeness (QED) is 0.883. The maximum atomic E-state index is 12.2. The van der Waals surface area contributed by atoms with Gasteiger partial charge in [0, 0.05) is 24.5 Å². The van der Waals surface area contributed by atoms with E-state index >= 15 is 0 Å². The molecule has 118 valence electrons. The van der Waals surface area contributed by atoms with Gasteiger partial charge < -0.3 is 9.72 Å². The van der Waals surface area contributed by atoms with E-state index in [-0.39, 0.29) is 17.1 Å². The molecule has 0 bridgehead atoms. The Morgan fingerprint density at radius 3 is 2.67 bits per heavy atom. The largest absolute Gasteiger partial charge is 0.368 e. The van der Waals surface area contributed by atoms with Gasteiger partial charge in [-0.3, -0.25) is 9.69 Å². The molecule has 1 unspecified atom stereocenters. The number of ether oxygens (including phenoxy) is 1. The zero-order valence-corrected chi connectivity index (χ0v) is 15.0. The second kappa shape index (κ2) is 6.18. The molecule has 1 atom stereocenters. The molecule has 1 fully saturated rings. The van der Waals surface area contributed by atoms with Crippen molar-refractivity contribution in [2.75, 3.05) is 19.7 Å². The lowest BCUT2D eigenvalue weighted by Crippen LogP contribution is -2.43. The van der Waals surface area contributed by atoms with Crippen LogP contribution in [-0.4, -0.2) is 40.6 Å². The number of hydrogen-bond donors (Lipinski definition) is 1. The fourth-order valence-electron chi connectivity index (χ4n) is 2.43. The Hall–Kier alpha value is -0.720. The van der Waals surface area contributed by atoms with Gasteiger partial charge >= 0.3 is 0 Å². The van der Waals surface area contributed by atoms with Gasteiger partial charge in [0.1, 0.15) is 16.4 Å². The molecule has 1 saturated heterocycles. The number of halogens is 1. The summed E-state index contributed by atoms with van der Waals surface area (Å²) in [4.78, 5) is 22.0. The lowest BCUT2D eigenvalue weighted by molar-refractivity contribution is -0.0445. The number of H-pyrrole nitrogens is 1. The van der Waals surface area contributed by atoms with Crippen molar-refractivity contribution in [1.29, 1.82) is 0 Å². The van der Waals surface area contributed by atoms with Crippen LogP contribution in [0.3, 0.4) is 0 Å². The van der Waals surface area contributed by atoms with Crippen LogP contribution in [0.2, 0.25) is 0 Å². The maximum Gasteiger partial charge on any atom is 0.265 e. The van der Waals surface area contributed by atoms with E-state index in [4.69, 9.17) is 4.74 Å². The third-order valence-electron chi connectivity index (χ3n) is 3.72. The van der Waals surface area contributed by atoms with Gasteiger partial charge in [-0.2, -0.15) is 0 Å². The predicted octanol–water partition coefficient (Wildman–Crippen LogP) is 2.61. The summed E-state index contributed by atoms with van der Waals surface area (Å²) in [6.07, 6.45) is -0.178. The fraction of sp³-hybridized carbons (Fsp3) is 0.733. The molecule has 1 aliphatic rings. The van der Waals surface area contributed by atoms with Crippen molar-refractivity contribution in [2.45, 2.75) is 52.2 Å². The highest BCUT2D eigenvalue weighted by atomic mass is 79.9. The molecule has 0 aromatic carbocycles. The second-order valence-corrected chi connectivity index (χ2v) is 7.60. The summed E-state index contributed by atoms with van der Waals surface area (Å²) in [5, 5.41) is 0. The summed E-state index contributed by atoms with van der Waals surface area (Å²) in [6, 6.07) is 0.459. The minimum Gasteiger partial charge on any atom is -0.368 e. The van der Waals surface area contributed by atoms with Gasteiger partial charge in [0.05, 0.1) is 12.3 Å². The fourth-order valence-corrected chi connectivity index (χ4v) is 3.21. The second-order valence-electron chi connectivity index (χ2n) is 6.81. The van der Waals surface area contributed by atoms with E-state index < -0.39 is 0 Å². The van der Waals surface area contributed by atoms with Crippen LogP contribution in [0.15, 0.2) is 9.27 Å². The summed E-state index contributed by atoms with van der Waals surface area (Å²) in [7, 11) is 0. The van der Waals surface area contributed by atoms with E-state index in [0.29, 0.717) is 22.9 Å². The smallest absolute Gasteiger partial charge is 0.265 e. The number of nitrogens with one attached hydrogen (secondary N) is 1. The lowest BCUT2D eigenvalue weighted by Gasteiger charge is -2.35. The van der Waals surface area contributed by atoms with Crippen LogP contribution in [0.5, 0.6) is 0 Å². The molecule has 1 aliphatic heterocycles. The van der Waals surface area contributed by atoms with Gasteiger partial charge in [-0.1, -0.05) is 20.8 Å². The molecule has 21 heavy (non-hydrogen) atoms. The van der Waals surface area contributed by atoms with E-state index in [0.717, 1.165) is 18.8 Å². The van der Waals surface area contributed by atoms with Crippen LogP contribution in [0.4, 0.5) is 0 Å². The number of aromatic amines is 1. The van der Waals surface area contributed by atoms with Crippen LogP contribution in [0, 0.1) is 0 Å². The molecule has 5 nitrogen and oxygen atoms in total. The van der Waals surface area contributed by atoms with Crippen LogP contribution < -0.4 is 5.56 Å². The summed E-state index contributed by atoms with van der Waals surface area (Å²) in [6.45, 7) is 12.8. The van der Waals surface area contributed by atoms with Gasteiger partial charge in [-0.15, -0.1) is 0 Å². The first-order valence-corrected chi connectivity index (χ1v) is 8.15. The topological polar surface area (TPSA) is 58.2 Å². The van der Waals surface area contributed by atoms with Crippen molar-refractivity contribution < 1.29 is 4.74 Å². The molecule has 0 aliphatic carbocycles. The molecule has 1 aromatic heterocycles. The van der Waals surface area contributed by atoms with Gasteiger partial charge in [0.25, 0.3) is 5.56 Å². The summed E-state index contributed by atoms with van der Waals surface area (Å²) < 4.78 is 6.33. The molecule has 1 aromatic rings. The van der Waals surface area contributed by atoms with Crippen LogP contribution in [-0.2, 0) is 10.2 Å². The maximum absolute atomic E-state index is 12.2. The standard InChI is InChI=1S/C15H24BrN3O2/c1-9(2)19-6-7-21-10(8-19)13-17-12(15(3,4)5)11(16)14(20)18-13/h9-10H,6-8H2,1-5H3,(H,17,18,20). The van der Waals surface area contributed by atoms with Crippen LogP contribution in [0.1, 0.15) is 52.2 Å². The van der Waals surface area contributed by atoms with E-state index in [1.54, 1.807) is 0 Å². The monoisotopic (exact) mass is 357 g/mol. The highest BCUT2D eigenvalue weighted by Gasteiger charge is 2.28. The van der Waals surface area contributed by atoms with Crippen molar-refractivity contribution in [3.63, 3.8) is 0 Å². The summed E-state index contributed by atoms with van der Waals surface area (Å²) in [5.74, 6) is 0.624. The Bertz CT molecular complexity index is 563. The van der Waals surface area contributed by atoms with E-state index in [1.807, 2.05) is 20.8 Å². The van der Waals surface area contributed by atoms with Crippen molar-refractivity contribution in [2.24, 2.45) is 0 Å². The van der Waals surface area contributed by atoms with Crippen LogP contribution >= 0.6 is 15.9 Å². The van der Waals surface area contributed by atoms with Gasteiger partial charge in [-0.05, 0) is 29.8 Å². The molecule has 0 amide bonds. The molecular formula is C15H24BrN3O2. The first kappa shape index (κ1) is 16.6. The van der Waals surface area contributed by atoms with Gasteiger partial charge in [0.15, 0.2) is 0 Å². The Kier molecular flexibility index (Phi) is 4.90. The first-order valence-electron chi connectivity index (χ1n) is 7.36. The van der Waals surface area contributed by atoms with E-state index in [9.17, 15) is 4.79 Å². The molecule has 0 radical (unpaired) electrons. The number of hydrogen-bond acceptors (Lipinski definition) is 4. The molecular weight excluding hydrogens is 334 g/mol. The van der Waals surface area contributed by atoms with Gasteiger partial charge in [-0.25, -0.2) is 4.98 Å². The van der Waals surface area contributed by atoms with Crippen molar-refractivity contribution in [3.8, 4) is 0 Å². The lowest BCUT2D eigenvalue weighted by atomic mass is 9.92. The molecule has 1 N–H and O–H groups in total. The van der Waals surface area contributed by atoms with Crippen molar-refractivity contribution in [3.05, 3.63) is 26.3 Å². The normalized spacial score (nSPS) is 21.0. The van der Waals surface area contributed by atoms with Crippen LogP contribution in [0.25, 0.3) is 0 Å². The third kappa shape index (κ3) is 3.73. The zero-order valence-electron chi connectivity index (χ0n) is 13.4. The number of morpholine rings is 1. The predicted molar refractivity (Wildman–Crippen MR) is 86.7 cm³/mol. The Morgan fingerprint density at radius 2 is 2.10 bits per heavy atom. The summed E-state index contributed by atoms with van der Waals surface area (Å²) in [5.41, 5.74) is 0.426. The zero-order chi connectivity index (χ0) is 15.8. The molecule has 2 heterocycles. The van der Waals surface area contributed by atoms with E-state index in [1.165, 1.54) is 0 Å². The minimum atomic E-state index is -0.200. The highest BCUT2D eigenvalue weighted by Crippen LogP contribution is 2.27. The molecule has 0 saturated carbocycles. The third-order valence-corrected chi connectivity index (χ3v) is 4.46. The Morgan fingerprint density at radius 1 is 1.43 bits per heavy atom. The summed E-state index contributed by atoms with van der Waals surface area (Å²) >= 11 is 3.35. The average molecular weight is 358 g/mol. The number of rotatable bonds is 2. The highest BCUT2D eigenvalue weighted by molar-refractivity contribution is 9.10. The minimum absolute atomic E-state index is 0.143. The molecule has 6 heteroatoms. The SMILES string of the molecule is CC(C)N1CCOC(c2nc(C(C)(C)C)c(Br)c(=O)[nH]2)C1. The Balaban J connectivity index is 2.36. The number of aromatic nitrogens is 2. The van der Waals surface area contributed by atoms with Crippen molar-refractivity contribution in [1.82, 2.24) is 14.9 Å². The average Bonchev–Trinajstić information content (AvgIpc) is 2.40. The molecule has 0 spiro atoms. The Labute approximate surface area is 134 Å². The first-order chi connectivity index (χ1) is 9.70. The number of nitrogens with zero attached hydrogens (tertiary/aromatic N) is 2.